The molecule has 11 nitrogen and oxygen atoms in total. The topological polar surface area (TPSA) is 113 Å². The van der Waals surface area contributed by atoms with E-state index in [1.807, 2.05) is 24.0 Å². The fourth-order valence-electron chi connectivity index (χ4n) is 6.87. The second-order valence-electron chi connectivity index (χ2n) is 14.3. The zero-order valence-electron chi connectivity index (χ0n) is 32.3. The molecule has 3 radical (unpaired) electrons. The van der Waals surface area contributed by atoms with Crippen LogP contribution in [0.2, 0.25) is 10.0 Å². The summed E-state index contributed by atoms with van der Waals surface area (Å²) in [6.45, 7) is 11.4. The number of nitrogens with one attached hydrogen (secondary N) is 1. The van der Waals surface area contributed by atoms with Gasteiger partial charge in [-0.15, -0.1) is 0 Å². The number of carboxylic acid groups (broad SMARTS) is 1. The van der Waals surface area contributed by atoms with Crippen LogP contribution >= 0.6 is 23.2 Å². The van der Waals surface area contributed by atoms with Crippen molar-refractivity contribution in [1.29, 1.82) is 0 Å². The lowest BCUT2D eigenvalue weighted by molar-refractivity contribution is -0.147. The average Bonchev–Trinajstić information content (AvgIpc) is 3.19. The Morgan fingerprint density at radius 3 is 1.71 bits per heavy atom. The number of hydrogen-bond acceptors (Lipinski definition) is 9. The Morgan fingerprint density at radius 2 is 1.21 bits per heavy atom. The zero-order chi connectivity index (χ0) is 40.5. The second kappa shape index (κ2) is 20.9. The van der Waals surface area contributed by atoms with Gasteiger partial charge in [-0.2, -0.15) is 0 Å². The number of piperazine rings is 2. The molecule has 2 fully saturated rings. The van der Waals surface area contributed by atoms with Crippen molar-refractivity contribution in [2.75, 3.05) is 52.5 Å². The van der Waals surface area contributed by atoms with Crippen LogP contribution in [-0.2, 0) is 22.7 Å². The van der Waals surface area contributed by atoms with Crippen LogP contribution in [0.1, 0.15) is 25.0 Å². The van der Waals surface area contributed by atoms with E-state index >= 15 is 0 Å². The highest BCUT2D eigenvalue weighted by molar-refractivity contribution is 6.31. The molecule has 0 bridgehead atoms. The van der Waals surface area contributed by atoms with Crippen molar-refractivity contribution in [3.8, 4) is 23.0 Å². The van der Waals surface area contributed by atoms with Crippen molar-refractivity contribution in [2.24, 2.45) is 0 Å². The normalized spacial score (nSPS) is 21.2. The number of aliphatic carboxylic acids is 1. The number of carbonyl (C=O) groups is 2. The summed E-state index contributed by atoms with van der Waals surface area (Å²) in [4.78, 5) is 30.1. The highest BCUT2D eigenvalue weighted by Crippen LogP contribution is 2.35. The maximum atomic E-state index is 13.1. The minimum absolute atomic E-state index is 0. The van der Waals surface area contributed by atoms with E-state index in [1.54, 1.807) is 48.5 Å². The Kier molecular flexibility index (Phi) is 16.0. The van der Waals surface area contributed by atoms with Crippen molar-refractivity contribution in [1.82, 2.24) is 20.0 Å². The summed E-state index contributed by atoms with van der Waals surface area (Å²) in [7, 11) is 0. The Balaban J connectivity index is 0.000000180. The van der Waals surface area contributed by atoms with Crippen LogP contribution in [0.15, 0.2) is 84.9 Å². The van der Waals surface area contributed by atoms with Crippen molar-refractivity contribution in [2.45, 2.75) is 51.2 Å². The SMILES string of the molecule is C[C@@H]1CN(Cc2ccc(F)cc2)CCN1.C[C@@H]1CN(Cc2ccc(F)cc2)CCN1C(=O)C1COc2cc(Cl)ccc2O1.O=C(O)C1COc2cc(Cl)ccc2O1.[B]. The molecule has 4 aliphatic heterocycles. The van der Waals surface area contributed by atoms with Crippen LogP contribution in [0.3, 0.4) is 0 Å². The predicted molar refractivity (Wildman–Crippen MR) is 218 cm³/mol. The first kappa shape index (κ1) is 44.5. The lowest BCUT2D eigenvalue weighted by Crippen LogP contribution is -2.57. The number of nitrogens with zero attached hydrogens (tertiary/aromatic N) is 3. The van der Waals surface area contributed by atoms with E-state index < -0.39 is 18.2 Å². The van der Waals surface area contributed by atoms with Crippen LogP contribution in [0.5, 0.6) is 23.0 Å². The summed E-state index contributed by atoms with van der Waals surface area (Å²) >= 11 is 11.7. The second-order valence-corrected chi connectivity index (χ2v) is 15.2. The predicted octanol–water partition coefficient (Wildman–Crippen LogP) is 6.15. The van der Waals surface area contributed by atoms with Crippen molar-refractivity contribution in [3.63, 3.8) is 0 Å². The maximum Gasteiger partial charge on any atom is 0.348 e. The van der Waals surface area contributed by atoms with E-state index in [2.05, 4.69) is 22.0 Å². The number of ether oxygens (including phenoxy) is 4. The molecule has 4 aromatic carbocycles. The van der Waals surface area contributed by atoms with Crippen LogP contribution in [-0.4, -0.2) is 117 Å². The largest absolute Gasteiger partial charge is 0.485 e. The van der Waals surface area contributed by atoms with Gasteiger partial charge in [0.05, 0.1) is 0 Å². The van der Waals surface area contributed by atoms with E-state index in [0.717, 1.165) is 51.4 Å². The van der Waals surface area contributed by atoms with Gasteiger partial charge < -0.3 is 34.3 Å². The first-order chi connectivity index (χ1) is 27.4. The first-order valence-electron chi connectivity index (χ1n) is 18.8. The molecule has 2 unspecified atom stereocenters. The van der Waals surface area contributed by atoms with Crippen molar-refractivity contribution in [3.05, 3.63) is 118 Å². The summed E-state index contributed by atoms with van der Waals surface area (Å²) in [6, 6.07) is 23.9. The Hall–Kier alpha value is -4.60. The van der Waals surface area contributed by atoms with Crippen LogP contribution < -0.4 is 24.3 Å². The number of fused-ring (bicyclic) bond motifs is 2. The Bertz CT molecular complexity index is 1980. The summed E-state index contributed by atoms with van der Waals surface area (Å²) in [5.74, 6) is 0.506. The molecule has 0 saturated carbocycles. The standard InChI is InChI=1S/C21H22ClFN2O3.C12H17FN2.C9H7ClO4.B/c1-14-11-24(12-15-2-5-17(23)6-3-15)8-9-25(14)21(26)20-13-27-19-10-16(22)4-7-18(19)28-20;1-10-8-15(7-6-14-10)9-11-2-4-12(13)5-3-11;10-5-1-2-6-7(3-5)13-4-8(14-6)9(11)12;/h2-7,10,14,20H,8-9,11-13H2,1H3;2-5,10,14H,6-9H2,1H3;1-3,8H,4H2,(H,11,12);/t14-,20?;10-;;/m11../s1. The minimum atomic E-state index is -1.04. The molecule has 4 heterocycles. The molecule has 0 aliphatic carbocycles. The van der Waals surface area contributed by atoms with Crippen molar-refractivity contribution >= 4 is 43.5 Å². The molecule has 4 aromatic rings. The maximum absolute atomic E-state index is 13.1. The Labute approximate surface area is 349 Å². The number of benzene rings is 4. The molecule has 0 aromatic heterocycles. The quantitative estimate of drug-likeness (QED) is 0.219. The molecular weight excluding hydrogens is 792 g/mol. The van der Waals surface area contributed by atoms with Gasteiger partial charge in [-0.3, -0.25) is 14.6 Å². The molecule has 58 heavy (non-hydrogen) atoms. The van der Waals surface area contributed by atoms with Gasteiger partial charge in [-0.1, -0.05) is 47.5 Å². The van der Waals surface area contributed by atoms with Gasteiger partial charge in [0.1, 0.15) is 24.8 Å². The highest BCUT2D eigenvalue weighted by atomic mass is 35.5. The average molecular weight is 839 g/mol. The van der Waals surface area contributed by atoms with Crippen molar-refractivity contribution < 1.29 is 42.4 Å². The summed E-state index contributed by atoms with van der Waals surface area (Å²) in [5.41, 5.74) is 2.25. The lowest BCUT2D eigenvalue weighted by atomic mass is 10.1. The molecule has 4 atom stereocenters. The number of amides is 1. The third kappa shape index (κ3) is 12.5. The molecule has 2 saturated heterocycles. The van der Waals surface area contributed by atoms with Gasteiger partial charge in [0.15, 0.2) is 23.0 Å². The van der Waals surface area contributed by atoms with E-state index in [1.165, 1.54) is 29.8 Å². The van der Waals surface area contributed by atoms with Gasteiger partial charge in [-0.05, 0) is 73.5 Å². The van der Waals surface area contributed by atoms with E-state index in [9.17, 15) is 18.4 Å². The highest BCUT2D eigenvalue weighted by Gasteiger charge is 2.36. The monoisotopic (exact) mass is 837 g/mol. The third-order valence-corrected chi connectivity index (χ3v) is 10.2. The fourth-order valence-corrected chi connectivity index (χ4v) is 7.20. The number of carbonyl (C=O) groups excluding carboxylic acids is 1. The Morgan fingerprint density at radius 1 is 0.707 bits per heavy atom. The van der Waals surface area contributed by atoms with Crippen LogP contribution in [0, 0.1) is 11.6 Å². The van der Waals surface area contributed by atoms with E-state index in [-0.39, 0.29) is 45.2 Å². The van der Waals surface area contributed by atoms with E-state index in [4.69, 9.17) is 47.3 Å². The molecule has 307 valence electrons. The molecule has 1 amide bonds. The zero-order valence-corrected chi connectivity index (χ0v) is 33.8. The molecule has 8 rings (SSSR count). The van der Waals surface area contributed by atoms with Gasteiger partial charge in [-0.25, -0.2) is 13.6 Å². The number of hydrogen-bond donors (Lipinski definition) is 2. The van der Waals surface area contributed by atoms with Gasteiger partial charge in [0.25, 0.3) is 5.91 Å². The summed E-state index contributed by atoms with van der Waals surface area (Å²) in [5, 5.41) is 13.2. The number of halogens is 4. The number of rotatable bonds is 6. The van der Waals surface area contributed by atoms with Crippen LogP contribution in [0.4, 0.5) is 8.78 Å². The first-order valence-corrected chi connectivity index (χ1v) is 19.5. The van der Waals surface area contributed by atoms with Gasteiger partial charge >= 0.3 is 5.97 Å². The number of carboxylic acids is 1. The summed E-state index contributed by atoms with van der Waals surface area (Å²) in [6.07, 6.45) is -1.59. The third-order valence-electron chi connectivity index (χ3n) is 9.77. The molecular formula is C42H46BCl2F2N4O7. The van der Waals surface area contributed by atoms with Crippen LogP contribution in [0.25, 0.3) is 0 Å². The minimum Gasteiger partial charge on any atom is -0.485 e. The smallest absolute Gasteiger partial charge is 0.348 e. The molecule has 2 N–H and O–H groups in total. The summed E-state index contributed by atoms with van der Waals surface area (Å²) < 4.78 is 47.7. The molecule has 0 spiro atoms. The fraction of sp³-hybridized carbons (Fsp3) is 0.381. The van der Waals surface area contributed by atoms with Gasteiger partial charge in [0, 0.05) is 95.0 Å². The van der Waals surface area contributed by atoms with Gasteiger partial charge in [0.2, 0.25) is 12.2 Å². The van der Waals surface area contributed by atoms with E-state index in [0.29, 0.717) is 45.6 Å². The lowest BCUT2D eigenvalue weighted by Gasteiger charge is -2.41. The molecule has 4 aliphatic rings. The molecule has 16 heteroatoms.